The van der Waals surface area contributed by atoms with Crippen LogP contribution in [0.4, 0.5) is 0 Å². The van der Waals surface area contributed by atoms with Crippen LogP contribution in [0.15, 0.2) is 0 Å². The third kappa shape index (κ3) is 1.96. The fourth-order valence-electron chi connectivity index (χ4n) is 1.36. The molecule has 4 heteroatoms. The number of ether oxygens (including phenoxy) is 1. The summed E-state index contributed by atoms with van der Waals surface area (Å²) in [5, 5.41) is 2.73. The van der Waals surface area contributed by atoms with Crippen LogP contribution in [0.1, 0.15) is 19.8 Å². The van der Waals surface area contributed by atoms with Crippen LogP contribution in [0.3, 0.4) is 0 Å². The second-order valence-electron chi connectivity index (χ2n) is 3.14. The summed E-state index contributed by atoms with van der Waals surface area (Å²) in [7, 11) is 1.35. The van der Waals surface area contributed by atoms with Crippen molar-refractivity contribution in [3.63, 3.8) is 0 Å². The Balaban J connectivity index is 2.42. The van der Waals surface area contributed by atoms with E-state index in [1.54, 1.807) is 0 Å². The summed E-state index contributed by atoms with van der Waals surface area (Å²) in [5.74, 6) is -0.0120. The molecule has 1 aliphatic rings. The lowest BCUT2D eigenvalue weighted by Crippen LogP contribution is -2.30. The van der Waals surface area contributed by atoms with Crippen molar-refractivity contribution >= 4 is 11.9 Å². The van der Waals surface area contributed by atoms with Gasteiger partial charge in [0, 0.05) is 12.5 Å². The topological polar surface area (TPSA) is 55.4 Å². The number of methoxy groups -OCH3 is 1. The summed E-state index contributed by atoms with van der Waals surface area (Å²) in [5.41, 5.74) is 0. The predicted molar refractivity (Wildman–Crippen MR) is 42.3 cm³/mol. The van der Waals surface area contributed by atoms with Crippen LogP contribution in [0.25, 0.3) is 0 Å². The second-order valence-corrected chi connectivity index (χ2v) is 3.14. The second kappa shape index (κ2) is 3.56. The van der Waals surface area contributed by atoms with Crippen LogP contribution in [-0.2, 0) is 14.3 Å². The zero-order chi connectivity index (χ0) is 9.14. The Morgan fingerprint density at radius 1 is 1.75 bits per heavy atom. The maximum Gasteiger partial charge on any atom is 0.307 e. The monoisotopic (exact) mass is 171 g/mol. The molecule has 2 unspecified atom stereocenters. The molecule has 1 rings (SSSR count). The third-order valence-corrected chi connectivity index (χ3v) is 2.15. The van der Waals surface area contributed by atoms with Crippen molar-refractivity contribution in [1.29, 1.82) is 0 Å². The molecule has 2 atom stereocenters. The number of hydrogen-bond donors (Lipinski definition) is 1. The van der Waals surface area contributed by atoms with Gasteiger partial charge in [-0.1, -0.05) is 6.92 Å². The Labute approximate surface area is 71.3 Å². The van der Waals surface area contributed by atoms with Gasteiger partial charge in [-0.25, -0.2) is 0 Å². The Hall–Kier alpha value is -1.06. The van der Waals surface area contributed by atoms with Gasteiger partial charge >= 0.3 is 5.97 Å². The summed E-state index contributed by atoms with van der Waals surface area (Å²) in [4.78, 5) is 21.7. The van der Waals surface area contributed by atoms with Gasteiger partial charge < -0.3 is 10.1 Å². The summed E-state index contributed by atoms with van der Waals surface area (Å²) in [6.45, 7) is 1.95. The first-order chi connectivity index (χ1) is 5.63. The predicted octanol–water partition coefficient (Wildman–Crippen LogP) is 0.0741. The van der Waals surface area contributed by atoms with E-state index in [0.717, 1.165) is 0 Å². The Kier molecular flexibility index (Phi) is 2.68. The molecule has 1 heterocycles. The average molecular weight is 171 g/mol. The van der Waals surface area contributed by atoms with Crippen LogP contribution < -0.4 is 5.32 Å². The number of esters is 1. The van der Waals surface area contributed by atoms with Crippen LogP contribution >= 0.6 is 0 Å². The zero-order valence-electron chi connectivity index (χ0n) is 7.29. The Bertz CT molecular complexity index is 202. The van der Waals surface area contributed by atoms with Crippen molar-refractivity contribution in [3.8, 4) is 0 Å². The summed E-state index contributed by atoms with van der Waals surface area (Å²) in [6, 6.07) is -0.0371. The maximum absolute atomic E-state index is 10.9. The molecule has 0 aliphatic carbocycles. The van der Waals surface area contributed by atoms with E-state index in [2.05, 4.69) is 10.1 Å². The normalized spacial score (nSPS) is 28.3. The molecule has 0 aromatic heterocycles. The van der Waals surface area contributed by atoms with E-state index >= 15 is 0 Å². The SMILES string of the molecule is COC(=O)CC1NC(=O)CC1C. The zero-order valence-corrected chi connectivity index (χ0v) is 7.29. The molecule has 0 saturated carbocycles. The van der Waals surface area contributed by atoms with E-state index < -0.39 is 0 Å². The standard InChI is InChI=1S/C8H13NO3/c1-5-3-7(10)9-6(5)4-8(11)12-2/h5-6H,3-4H2,1-2H3,(H,9,10). The van der Waals surface area contributed by atoms with E-state index in [-0.39, 0.29) is 30.3 Å². The fourth-order valence-corrected chi connectivity index (χ4v) is 1.36. The molecule has 1 saturated heterocycles. The Morgan fingerprint density at radius 3 is 2.83 bits per heavy atom. The van der Waals surface area contributed by atoms with Gasteiger partial charge in [-0.05, 0) is 5.92 Å². The molecule has 1 amide bonds. The first-order valence-corrected chi connectivity index (χ1v) is 3.99. The number of carbonyl (C=O) groups excluding carboxylic acids is 2. The number of amides is 1. The van der Waals surface area contributed by atoms with Gasteiger partial charge in [0.2, 0.25) is 5.91 Å². The first kappa shape index (κ1) is 9.03. The minimum Gasteiger partial charge on any atom is -0.469 e. The summed E-state index contributed by atoms with van der Waals surface area (Å²) >= 11 is 0. The number of nitrogens with one attached hydrogen (secondary N) is 1. The van der Waals surface area contributed by atoms with E-state index in [1.807, 2.05) is 6.92 Å². The van der Waals surface area contributed by atoms with Crippen LogP contribution in [-0.4, -0.2) is 25.0 Å². The highest BCUT2D eigenvalue weighted by Gasteiger charge is 2.30. The fraction of sp³-hybridized carbons (Fsp3) is 0.750. The molecule has 1 aliphatic heterocycles. The van der Waals surface area contributed by atoms with Crippen molar-refractivity contribution in [2.45, 2.75) is 25.8 Å². The highest BCUT2D eigenvalue weighted by molar-refractivity contribution is 5.80. The quantitative estimate of drug-likeness (QED) is 0.598. The molecule has 0 spiro atoms. The average Bonchev–Trinajstić information content (AvgIpc) is 2.30. The number of hydrogen-bond acceptors (Lipinski definition) is 3. The highest BCUT2D eigenvalue weighted by Crippen LogP contribution is 2.18. The van der Waals surface area contributed by atoms with E-state index in [4.69, 9.17) is 0 Å². The minimum absolute atomic E-state index is 0.0244. The van der Waals surface area contributed by atoms with Gasteiger partial charge in [0.15, 0.2) is 0 Å². The number of carbonyl (C=O) groups is 2. The van der Waals surface area contributed by atoms with Crippen molar-refractivity contribution < 1.29 is 14.3 Å². The van der Waals surface area contributed by atoms with Crippen LogP contribution in [0.5, 0.6) is 0 Å². The van der Waals surface area contributed by atoms with Gasteiger partial charge in [-0.3, -0.25) is 9.59 Å². The lowest BCUT2D eigenvalue weighted by Gasteiger charge is -2.12. The molecule has 4 nitrogen and oxygen atoms in total. The summed E-state index contributed by atoms with van der Waals surface area (Å²) < 4.78 is 4.51. The van der Waals surface area contributed by atoms with Gasteiger partial charge in [0.1, 0.15) is 0 Å². The molecule has 68 valence electrons. The van der Waals surface area contributed by atoms with E-state index in [0.29, 0.717) is 6.42 Å². The molecular formula is C8H13NO3. The van der Waals surface area contributed by atoms with Crippen molar-refractivity contribution in [3.05, 3.63) is 0 Å². The van der Waals surface area contributed by atoms with Gasteiger partial charge in [-0.2, -0.15) is 0 Å². The van der Waals surface area contributed by atoms with Crippen molar-refractivity contribution in [1.82, 2.24) is 5.32 Å². The lowest BCUT2D eigenvalue weighted by molar-refractivity contribution is -0.141. The number of rotatable bonds is 2. The van der Waals surface area contributed by atoms with Crippen LogP contribution in [0, 0.1) is 5.92 Å². The minimum atomic E-state index is -0.269. The van der Waals surface area contributed by atoms with E-state index in [9.17, 15) is 9.59 Å². The van der Waals surface area contributed by atoms with Crippen molar-refractivity contribution in [2.75, 3.05) is 7.11 Å². The van der Waals surface area contributed by atoms with Gasteiger partial charge in [0.25, 0.3) is 0 Å². The van der Waals surface area contributed by atoms with Gasteiger partial charge in [-0.15, -0.1) is 0 Å². The smallest absolute Gasteiger partial charge is 0.307 e. The Morgan fingerprint density at radius 2 is 2.42 bits per heavy atom. The van der Waals surface area contributed by atoms with E-state index in [1.165, 1.54) is 7.11 Å². The van der Waals surface area contributed by atoms with Crippen molar-refractivity contribution in [2.24, 2.45) is 5.92 Å². The summed E-state index contributed by atoms with van der Waals surface area (Å²) in [6.07, 6.45) is 0.797. The molecule has 0 bridgehead atoms. The van der Waals surface area contributed by atoms with Crippen LogP contribution in [0.2, 0.25) is 0 Å². The molecule has 0 radical (unpaired) electrons. The first-order valence-electron chi connectivity index (χ1n) is 3.99. The van der Waals surface area contributed by atoms with Gasteiger partial charge in [0.05, 0.1) is 13.5 Å². The molecule has 12 heavy (non-hydrogen) atoms. The highest BCUT2D eigenvalue weighted by atomic mass is 16.5. The molecular weight excluding hydrogens is 158 g/mol. The molecule has 0 aromatic rings. The molecule has 1 N–H and O–H groups in total. The largest absolute Gasteiger partial charge is 0.469 e. The molecule has 1 fully saturated rings. The maximum atomic E-state index is 10.9. The lowest BCUT2D eigenvalue weighted by atomic mass is 10.0. The molecule has 0 aromatic carbocycles. The third-order valence-electron chi connectivity index (χ3n) is 2.15.